The first kappa shape index (κ1) is 21.8. The van der Waals surface area contributed by atoms with Gasteiger partial charge in [0, 0.05) is 0 Å². The molecule has 158 valence electrons. The maximum atomic E-state index is 12.5. The van der Waals surface area contributed by atoms with Crippen molar-refractivity contribution in [3.63, 3.8) is 0 Å². The molecule has 1 aromatic carbocycles. The summed E-state index contributed by atoms with van der Waals surface area (Å²) in [5.74, 6) is 2.07. The summed E-state index contributed by atoms with van der Waals surface area (Å²) in [5, 5.41) is 12.5. The molecular weight excluding hydrogens is 384 g/mol. The first-order valence-corrected chi connectivity index (χ1v) is 11.5. The first-order chi connectivity index (χ1) is 13.8. The number of aromatic nitrogens is 4. The lowest BCUT2D eigenvalue weighted by Crippen LogP contribution is -2.36. The van der Waals surface area contributed by atoms with E-state index in [0.29, 0.717) is 28.8 Å². The van der Waals surface area contributed by atoms with E-state index >= 15 is 0 Å². The van der Waals surface area contributed by atoms with E-state index in [1.165, 1.54) is 23.7 Å². The van der Waals surface area contributed by atoms with Crippen LogP contribution in [0.5, 0.6) is 0 Å². The Morgan fingerprint density at radius 2 is 1.93 bits per heavy atom. The topological polar surface area (TPSA) is 69.9 Å². The van der Waals surface area contributed by atoms with Gasteiger partial charge in [-0.15, -0.1) is 5.10 Å². The summed E-state index contributed by atoms with van der Waals surface area (Å²) in [5.41, 5.74) is 2.15. The standard InChI is InChI=1S/C22H32N4O2S/c1-14(2)17-7-9-18(10-8-17)26-22(23-24-25-26)29-13-21(27)28-20-12-16(5)6-11-19(20)15(3)4/h7-10,14-16,19-20H,6,11-13H2,1-5H3/t16-,19-,20+/m0/s1. The average Bonchev–Trinajstić information content (AvgIpc) is 3.15. The van der Waals surface area contributed by atoms with Gasteiger partial charge in [-0.25, -0.2) is 0 Å². The molecule has 1 saturated carbocycles. The van der Waals surface area contributed by atoms with Crippen LogP contribution >= 0.6 is 11.8 Å². The van der Waals surface area contributed by atoms with Crippen molar-refractivity contribution in [2.24, 2.45) is 17.8 Å². The van der Waals surface area contributed by atoms with Crippen LogP contribution in [0.4, 0.5) is 0 Å². The van der Waals surface area contributed by atoms with Gasteiger partial charge in [-0.2, -0.15) is 4.68 Å². The van der Waals surface area contributed by atoms with Crippen molar-refractivity contribution in [1.29, 1.82) is 0 Å². The number of hydrogen-bond donors (Lipinski definition) is 0. The van der Waals surface area contributed by atoms with Gasteiger partial charge in [0.15, 0.2) is 0 Å². The molecular formula is C22H32N4O2S. The van der Waals surface area contributed by atoms with E-state index < -0.39 is 0 Å². The maximum Gasteiger partial charge on any atom is 0.316 e. The number of rotatable bonds is 7. The van der Waals surface area contributed by atoms with Crippen LogP contribution in [0.1, 0.15) is 65.4 Å². The Balaban J connectivity index is 1.60. The summed E-state index contributed by atoms with van der Waals surface area (Å²) in [6, 6.07) is 8.18. The molecule has 1 aromatic heterocycles. The van der Waals surface area contributed by atoms with Gasteiger partial charge in [-0.1, -0.05) is 64.9 Å². The number of hydrogen-bond acceptors (Lipinski definition) is 6. The van der Waals surface area contributed by atoms with Gasteiger partial charge >= 0.3 is 5.97 Å². The minimum atomic E-state index is -0.190. The van der Waals surface area contributed by atoms with Gasteiger partial charge in [0.05, 0.1) is 11.4 Å². The molecule has 0 unspecified atom stereocenters. The fourth-order valence-electron chi connectivity index (χ4n) is 4.01. The van der Waals surface area contributed by atoms with Crippen molar-refractivity contribution in [1.82, 2.24) is 20.2 Å². The van der Waals surface area contributed by atoms with Gasteiger partial charge in [0.25, 0.3) is 0 Å². The van der Waals surface area contributed by atoms with E-state index in [1.54, 1.807) is 4.68 Å². The summed E-state index contributed by atoms with van der Waals surface area (Å²) in [6.07, 6.45) is 3.33. The number of benzene rings is 1. The zero-order chi connectivity index (χ0) is 21.0. The van der Waals surface area contributed by atoms with Crippen LogP contribution in [-0.2, 0) is 9.53 Å². The summed E-state index contributed by atoms with van der Waals surface area (Å²) >= 11 is 1.32. The van der Waals surface area contributed by atoms with Crippen molar-refractivity contribution in [2.45, 2.75) is 71.1 Å². The van der Waals surface area contributed by atoms with Gasteiger partial charge < -0.3 is 4.74 Å². The Labute approximate surface area is 177 Å². The molecule has 1 aliphatic carbocycles. The van der Waals surface area contributed by atoms with Crippen LogP contribution in [0, 0.1) is 17.8 Å². The Kier molecular flexibility index (Phi) is 7.33. The van der Waals surface area contributed by atoms with Gasteiger partial charge in [-0.3, -0.25) is 4.79 Å². The molecule has 0 bridgehead atoms. The second-order valence-electron chi connectivity index (χ2n) is 8.76. The van der Waals surface area contributed by atoms with E-state index in [0.717, 1.165) is 18.5 Å². The Morgan fingerprint density at radius 1 is 1.21 bits per heavy atom. The fraction of sp³-hybridized carbons (Fsp3) is 0.636. The largest absolute Gasteiger partial charge is 0.461 e. The third-order valence-corrected chi connectivity index (χ3v) is 6.70. The van der Waals surface area contributed by atoms with Crippen molar-refractivity contribution in [3.05, 3.63) is 29.8 Å². The molecule has 0 aliphatic heterocycles. The molecule has 1 aliphatic rings. The van der Waals surface area contributed by atoms with Crippen LogP contribution in [0.15, 0.2) is 29.4 Å². The SMILES string of the molecule is CC(C)c1ccc(-n2nnnc2SCC(=O)O[C@@H]2C[C@@H](C)CC[C@H]2C(C)C)cc1. The van der Waals surface area contributed by atoms with E-state index in [1.807, 2.05) is 12.1 Å². The highest BCUT2D eigenvalue weighted by Gasteiger charge is 2.33. The summed E-state index contributed by atoms with van der Waals surface area (Å²) in [7, 11) is 0. The molecule has 0 radical (unpaired) electrons. The van der Waals surface area contributed by atoms with E-state index in [9.17, 15) is 4.79 Å². The normalized spacial score (nSPS) is 22.2. The molecule has 2 aromatic rings. The molecule has 0 N–H and O–H groups in total. The molecule has 1 heterocycles. The number of tetrazole rings is 1. The average molecular weight is 417 g/mol. The number of thioether (sulfide) groups is 1. The van der Waals surface area contributed by atoms with Crippen LogP contribution < -0.4 is 0 Å². The lowest BCUT2D eigenvalue weighted by atomic mass is 9.75. The second-order valence-corrected chi connectivity index (χ2v) is 9.71. The van der Waals surface area contributed by atoms with Crippen molar-refractivity contribution >= 4 is 17.7 Å². The lowest BCUT2D eigenvalue weighted by molar-refractivity contribution is -0.152. The molecule has 3 rings (SSSR count). The zero-order valence-corrected chi connectivity index (χ0v) is 18.9. The molecule has 3 atom stereocenters. The number of carbonyl (C=O) groups excluding carboxylic acids is 1. The molecule has 0 saturated heterocycles. The van der Waals surface area contributed by atoms with Crippen molar-refractivity contribution < 1.29 is 9.53 Å². The number of ether oxygens (including phenoxy) is 1. The predicted octanol–water partition coefficient (Wildman–Crippen LogP) is 4.88. The summed E-state index contributed by atoms with van der Waals surface area (Å²) < 4.78 is 7.55. The third kappa shape index (κ3) is 5.59. The third-order valence-electron chi connectivity index (χ3n) is 5.81. The maximum absolute atomic E-state index is 12.5. The van der Waals surface area contributed by atoms with Crippen LogP contribution in [0.2, 0.25) is 0 Å². The summed E-state index contributed by atoms with van der Waals surface area (Å²) in [4.78, 5) is 12.5. The van der Waals surface area contributed by atoms with Gasteiger partial charge in [0.1, 0.15) is 6.10 Å². The molecule has 0 spiro atoms. The highest BCUT2D eigenvalue weighted by Crippen LogP contribution is 2.35. The first-order valence-electron chi connectivity index (χ1n) is 10.6. The molecule has 1 fully saturated rings. The Bertz CT molecular complexity index is 803. The minimum Gasteiger partial charge on any atom is -0.461 e. The van der Waals surface area contributed by atoms with Crippen LogP contribution in [-0.4, -0.2) is 38.0 Å². The number of esters is 1. The second kappa shape index (κ2) is 9.74. The minimum absolute atomic E-state index is 0.0198. The van der Waals surface area contributed by atoms with Crippen molar-refractivity contribution in [2.75, 3.05) is 5.75 Å². The molecule has 0 amide bonds. The van der Waals surface area contributed by atoms with Crippen LogP contribution in [0.25, 0.3) is 5.69 Å². The van der Waals surface area contributed by atoms with E-state index in [4.69, 9.17) is 4.74 Å². The predicted molar refractivity (Wildman–Crippen MR) is 115 cm³/mol. The fourth-order valence-corrected chi connectivity index (χ4v) is 4.68. The zero-order valence-electron chi connectivity index (χ0n) is 18.0. The lowest BCUT2D eigenvalue weighted by Gasteiger charge is -2.36. The van der Waals surface area contributed by atoms with Crippen molar-refractivity contribution in [3.8, 4) is 5.69 Å². The highest BCUT2D eigenvalue weighted by atomic mass is 32.2. The molecule has 7 heteroatoms. The highest BCUT2D eigenvalue weighted by molar-refractivity contribution is 7.99. The van der Waals surface area contributed by atoms with E-state index in [2.05, 4.69) is 62.3 Å². The Hall–Kier alpha value is -1.89. The quantitative estimate of drug-likeness (QED) is 0.473. The molecule has 29 heavy (non-hydrogen) atoms. The molecule has 6 nitrogen and oxygen atoms in total. The number of nitrogens with zero attached hydrogens (tertiary/aromatic N) is 4. The van der Waals surface area contributed by atoms with E-state index in [-0.39, 0.29) is 17.8 Å². The van der Waals surface area contributed by atoms with Crippen LogP contribution in [0.3, 0.4) is 0 Å². The smallest absolute Gasteiger partial charge is 0.316 e. The van der Waals surface area contributed by atoms with Gasteiger partial charge in [0.2, 0.25) is 5.16 Å². The Morgan fingerprint density at radius 3 is 2.59 bits per heavy atom. The number of carbonyl (C=O) groups is 1. The van der Waals surface area contributed by atoms with Gasteiger partial charge in [-0.05, 0) is 64.6 Å². The monoisotopic (exact) mass is 416 g/mol. The summed E-state index contributed by atoms with van der Waals surface area (Å²) in [6.45, 7) is 11.0.